The third kappa shape index (κ3) is 7.13. The smallest absolute Gasteiger partial charge is 0.127 e. The van der Waals surface area contributed by atoms with Crippen molar-refractivity contribution in [2.45, 2.75) is 88.9 Å². The summed E-state index contributed by atoms with van der Waals surface area (Å²) in [7, 11) is 4.56. The van der Waals surface area contributed by atoms with Crippen molar-refractivity contribution in [3.05, 3.63) is 0 Å². The Labute approximate surface area is 110 Å². The lowest BCUT2D eigenvalue weighted by atomic mass is 9.70. The van der Waals surface area contributed by atoms with Gasteiger partial charge < -0.3 is 5.32 Å². The van der Waals surface area contributed by atoms with Crippen LogP contribution in [0.2, 0.25) is 0 Å². The standard InChI is InChI=1S/C15H32BN/c1-17-15(16)13-11-9-7-5-3-2-4-6-8-10-12-14-15/h17H,2-14,16H2,1H3. The van der Waals surface area contributed by atoms with Gasteiger partial charge in [-0.1, -0.05) is 70.6 Å². The molecule has 0 aromatic heterocycles. The molecule has 0 amide bonds. The van der Waals surface area contributed by atoms with E-state index in [0.717, 1.165) is 0 Å². The maximum Gasteiger partial charge on any atom is 0.127 e. The Hall–Kier alpha value is 0.0249. The molecule has 0 radical (unpaired) electrons. The van der Waals surface area contributed by atoms with E-state index in [4.69, 9.17) is 0 Å². The lowest BCUT2D eigenvalue weighted by Gasteiger charge is -2.30. The molecule has 1 aliphatic rings. The lowest BCUT2D eigenvalue weighted by molar-refractivity contribution is 0.385. The van der Waals surface area contributed by atoms with Crippen molar-refractivity contribution in [1.29, 1.82) is 0 Å². The van der Waals surface area contributed by atoms with Crippen LogP contribution < -0.4 is 5.32 Å². The number of rotatable bonds is 1. The topological polar surface area (TPSA) is 12.0 Å². The molecule has 0 heterocycles. The van der Waals surface area contributed by atoms with Gasteiger partial charge >= 0.3 is 0 Å². The van der Waals surface area contributed by atoms with Crippen LogP contribution in [0.25, 0.3) is 0 Å². The van der Waals surface area contributed by atoms with E-state index >= 15 is 0 Å². The Bertz CT molecular complexity index is 168. The summed E-state index contributed by atoms with van der Waals surface area (Å²) >= 11 is 0. The zero-order valence-electron chi connectivity index (χ0n) is 12.2. The molecule has 0 spiro atoms. The van der Waals surface area contributed by atoms with E-state index in [0.29, 0.717) is 5.44 Å². The summed E-state index contributed by atoms with van der Waals surface area (Å²) in [6, 6.07) is 0. The fourth-order valence-corrected chi connectivity index (χ4v) is 3.00. The summed E-state index contributed by atoms with van der Waals surface area (Å²) in [5, 5.41) is 3.56. The van der Waals surface area contributed by atoms with Gasteiger partial charge in [0.25, 0.3) is 0 Å². The van der Waals surface area contributed by atoms with Crippen LogP contribution in [0.5, 0.6) is 0 Å². The highest BCUT2D eigenvalue weighted by Gasteiger charge is 2.20. The molecule has 0 unspecified atom stereocenters. The number of hydrogen-bond donors (Lipinski definition) is 1. The second-order valence-corrected chi connectivity index (χ2v) is 6.20. The minimum atomic E-state index is 0.407. The maximum atomic E-state index is 3.56. The van der Waals surface area contributed by atoms with Crippen molar-refractivity contribution in [2.75, 3.05) is 7.05 Å². The summed E-state index contributed by atoms with van der Waals surface area (Å²) in [6.07, 6.45) is 18.7. The van der Waals surface area contributed by atoms with Crippen LogP contribution >= 0.6 is 0 Å². The molecule has 0 bridgehead atoms. The average molecular weight is 237 g/mol. The molecule has 0 aromatic carbocycles. The van der Waals surface area contributed by atoms with Gasteiger partial charge in [-0.05, 0) is 25.3 Å². The van der Waals surface area contributed by atoms with Crippen LogP contribution in [0.4, 0.5) is 0 Å². The van der Waals surface area contributed by atoms with Gasteiger partial charge in [-0.3, -0.25) is 0 Å². The van der Waals surface area contributed by atoms with Gasteiger partial charge in [-0.15, -0.1) is 0 Å². The van der Waals surface area contributed by atoms with Gasteiger partial charge in [0.2, 0.25) is 0 Å². The SMILES string of the molecule is BC1(NC)CCCCCCCCCCCCC1. The molecular formula is C15H32BN. The summed E-state index contributed by atoms with van der Waals surface area (Å²) < 4.78 is 0. The molecule has 0 aromatic rings. The molecule has 100 valence electrons. The second-order valence-electron chi connectivity index (χ2n) is 6.20. The van der Waals surface area contributed by atoms with E-state index in [-0.39, 0.29) is 0 Å². The third-order valence-electron chi connectivity index (χ3n) is 4.56. The van der Waals surface area contributed by atoms with E-state index in [1.54, 1.807) is 0 Å². The van der Waals surface area contributed by atoms with Crippen LogP contribution in [-0.2, 0) is 0 Å². The zero-order chi connectivity index (χ0) is 12.4. The fraction of sp³-hybridized carbons (Fsp3) is 1.00. The van der Waals surface area contributed by atoms with Crippen molar-refractivity contribution in [1.82, 2.24) is 5.32 Å². The summed E-state index contributed by atoms with van der Waals surface area (Å²) in [6.45, 7) is 0. The summed E-state index contributed by atoms with van der Waals surface area (Å²) in [5.41, 5.74) is 0.407. The van der Waals surface area contributed by atoms with Crippen LogP contribution in [0.15, 0.2) is 0 Å². The molecule has 1 fully saturated rings. The van der Waals surface area contributed by atoms with Crippen molar-refractivity contribution in [3.8, 4) is 0 Å². The molecule has 2 heteroatoms. The predicted octanol–water partition coefficient (Wildman–Crippen LogP) is 3.62. The molecule has 1 N–H and O–H groups in total. The van der Waals surface area contributed by atoms with Crippen molar-refractivity contribution in [3.63, 3.8) is 0 Å². The van der Waals surface area contributed by atoms with Gasteiger partial charge in [-0.25, -0.2) is 0 Å². The highest BCUT2D eigenvalue weighted by Crippen LogP contribution is 2.21. The predicted molar refractivity (Wildman–Crippen MR) is 80.4 cm³/mol. The zero-order valence-corrected chi connectivity index (χ0v) is 12.2. The Balaban J connectivity index is 2.29. The highest BCUT2D eigenvalue weighted by molar-refractivity contribution is 6.15. The van der Waals surface area contributed by atoms with Gasteiger partial charge in [0.05, 0.1) is 0 Å². The minimum absolute atomic E-state index is 0.407. The van der Waals surface area contributed by atoms with Gasteiger partial charge in [-0.2, -0.15) is 0 Å². The Morgan fingerprint density at radius 1 is 0.647 bits per heavy atom. The van der Waals surface area contributed by atoms with Crippen LogP contribution in [0.3, 0.4) is 0 Å². The summed E-state index contributed by atoms with van der Waals surface area (Å²) in [5.74, 6) is 0. The first kappa shape index (κ1) is 15.1. The van der Waals surface area contributed by atoms with E-state index in [1.165, 1.54) is 83.5 Å². The van der Waals surface area contributed by atoms with E-state index in [1.807, 2.05) is 0 Å². The first-order valence-electron chi connectivity index (χ1n) is 7.96. The van der Waals surface area contributed by atoms with Crippen LogP contribution in [0.1, 0.15) is 83.5 Å². The average Bonchev–Trinajstić information content (AvgIpc) is 2.34. The molecule has 1 saturated carbocycles. The normalized spacial score (nSPS) is 25.0. The Kier molecular flexibility index (Phi) is 8.00. The Morgan fingerprint density at radius 3 is 1.24 bits per heavy atom. The van der Waals surface area contributed by atoms with E-state index in [9.17, 15) is 0 Å². The van der Waals surface area contributed by atoms with Crippen LogP contribution in [0, 0.1) is 0 Å². The summed E-state index contributed by atoms with van der Waals surface area (Å²) in [4.78, 5) is 0. The van der Waals surface area contributed by atoms with Crippen molar-refractivity contribution < 1.29 is 0 Å². The number of hydrogen-bond acceptors (Lipinski definition) is 1. The maximum absolute atomic E-state index is 3.56. The largest absolute Gasteiger partial charge is 0.322 e. The minimum Gasteiger partial charge on any atom is -0.322 e. The first-order chi connectivity index (χ1) is 8.27. The monoisotopic (exact) mass is 237 g/mol. The van der Waals surface area contributed by atoms with E-state index < -0.39 is 0 Å². The molecule has 0 saturated heterocycles. The van der Waals surface area contributed by atoms with Crippen molar-refractivity contribution >= 4 is 7.85 Å². The first-order valence-corrected chi connectivity index (χ1v) is 7.96. The second kappa shape index (κ2) is 9.02. The van der Waals surface area contributed by atoms with Gasteiger partial charge in [0.15, 0.2) is 0 Å². The fourth-order valence-electron chi connectivity index (χ4n) is 3.00. The molecule has 1 aliphatic carbocycles. The van der Waals surface area contributed by atoms with Crippen LogP contribution in [-0.4, -0.2) is 20.3 Å². The lowest BCUT2D eigenvalue weighted by Crippen LogP contribution is -2.43. The quantitative estimate of drug-likeness (QED) is 0.687. The number of nitrogens with one attached hydrogen (secondary N) is 1. The molecule has 0 aliphatic heterocycles. The molecule has 17 heavy (non-hydrogen) atoms. The Morgan fingerprint density at radius 2 is 0.941 bits per heavy atom. The van der Waals surface area contributed by atoms with Crippen molar-refractivity contribution in [2.24, 2.45) is 0 Å². The highest BCUT2D eigenvalue weighted by atomic mass is 14.9. The third-order valence-corrected chi connectivity index (χ3v) is 4.56. The molecule has 0 atom stereocenters. The molecule has 1 nitrogen and oxygen atoms in total. The molecule has 1 rings (SSSR count). The molecular weight excluding hydrogens is 205 g/mol. The van der Waals surface area contributed by atoms with E-state index in [2.05, 4.69) is 20.2 Å². The van der Waals surface area contributed by atoms with Gasteiger partial charge in [0.1, 0.15) is 7.85 Å². The van der Waals surface area contributed by atoms with Gasteiger partial charge in [0, 0.05) is 0 Å².